The number of hydrogen-bond donors (Lipinski definition) is 0. The van der Waals surface area contributed by atoms with Crippen molar-refractivity contribution in [1.82, 2.24) is 4.98 Å². The van der Waals surface area contributed by atoms with Gasteiger partial charge in [0.15, 0.2) is 0 Å². The minimum atomic E-state index is 1.16. The summed E-state index contributed by atoms with van der Waals surface area (Å²) >= 11 is 3.56. The molecule has 0 saturated heterocycles. The lowest BCUT2D eigenvalue weighted by molar-refractivity contribution is 1.35. The van der Waals surface area contributed by atoms with Gasteiger partial charge in [0.25, 0.3) is 0 Å². The number of fused-ring (bicyclic) bond motifs is 1. The lowest BCUT2D eigenvalue weighted by atomic mass is 10.3. The first-order chi connectivity index (χ1) is 5.83. The number of aryl methyl sites for hydroxylation is 1. The zero-order valence-electron chi connectivity index (χ0n) is 7.00. The maximum absolute atomic E-state index is 4.35. The van der Waals surface area contributed by atoms with Crippen LogP contribution >= 0.6 is 23.1 Å². The van der Waals surface area contributed by atoms with E-state index in [0.29, 0.717) is 0 Å². The number of nitrogens with zero attached hydrogens (tertiary/aromatic N) is 1. The van der Waals surface area contributed by atoms with Gasteiger partial charge in [-0.15, -0.1) is 23.1 Å². The maximum atomic E-state index is 4.35. The second kappa shape index (κ2) is 3.07. The van der Waals surface area contributed by atoms with E-state index in [-0.39, 0.29) is 0 Å². The fourth-order valence-corrected chi connectivity index (χ4v) is 2.98. The molecule has 0 spiro atoms. The SMILES string of the molecule is CSc1ccnc2c(C)csc12. The predicted molar refractivity (Wildman–Crippen MR) is 56.1 cm³/mol. The highest BCUT2D eigenvalue weighted by molar-refractivity contribution is 7.99. The highest BCUT2D eigenvalue weighted by Gasteiger charge is 2.04. The molecule has 0 saturated carbocycles. The molecule has 2 heterocycles. The van der Waals surface area contributed by atoms with Gasteiger partial charge in [-0.3, -0.25) is 4.98 Å². The molecular formula is C9H9NS2. The molecule has 62 valence electrons. The lowest BCUT2D eigenvalue weighted by Gasteiger charge is -1.96. The number of pyridine rings is 1. The first kappa shape index (κ1) is 8.08. The highest BCUT2D eigenvalue weighted by atomic mass is 32.2. The van der Waals surface area contributed by atoms with Crippen LogP contribution in [0.5, 0.6) is 0 Å². The fraction of sp³-hybridized carbons (Fsp3) is 0.222. The minimum absolute atomic E-state index is 1.16. The number of aromatic nitrogens is 1. The van der Waals surface area contributed by atoms with Crippen LogP contribution in [0, 0.1) is 6.92 Å². The van der Waals surface area contributed by atoms with Crippen molar-refractivity contribution in [3.8, 4) is 0 Å². The van der Waals surface area contributed by atoms with E-state index < -0.39 is 0 Å². The summed E-state index contributed by atoms with van der Waals surface area (Å²) in [6.07, 6.45) is 3.98. The van der Waals surface area contributed by atoms with Crippen molar-refractivity contribution in [2.24, 2.45) is 0 Å². The van der Waals surface area contributed by atoms with Gasteiger partial charge in [0.05, 0.1) is 10.2 Å². The summed E-state index contributed by atoms with van der Waals surface area (Å²) in [5, 5.41) is 2.16. The summed E-state index contributed by atoms with van der Waals surface area (Å²) in [4.78, 5) is 5.68. The van der Waals surface area contributed by atoms with Gasteiger partial charge >= 0.3 is 0 Å². The summed E-state index contributed by atoms with van der Waals surface area (Å²) in [5.41, 5.74) is 2.44. The first-order valence-corrected chi connectivity index (χ1v) is 5.80. The van der Waals surface area contributed by atoms with Gasteiger partial charge in [-0.05, 0) is 30.2 Å². The molecule has 0 aliphatic carbocycles. The summed E-state index contributed by atoms with van der Waals surface area (Å²) in [6, 6.07) is 2.07. The molecule has 1 nitrogen and oxygen atoms in total. The standard InChI is InChI=1S/C9H9NS2/c1-6-5-12-9-7(11-2)3-4-10-8(6)9/h3-5H,1-2H3. The number of rotatable bonds is 1. The Morgan fingerprint density at radius 1 is 1.50 bits per heavy atom. The molecule has 2 aromatic rings. The Bertz CT molecular complexity index is 406. The Morgan fingerprint density at radius 2 is 2.33 bits per heavy atom. The second-order valence-corrected chi connectivity index (χ2v) is 4.34. The Hall–Kier alpha value is -0.540. The molecule has 0 amide bonds. The van der Waals surface area contributed by atoms with Crippen LogP contribution in [0.15, 0.2) is 22.5 Å². The number of hydrogen-bond acceptors (Lipinski definition) is 3. The average Bonchev–Trinajstić information content (AvgIpc) is 2.48. The Balaban J connectivity index is 2.81. The van der Waals surface area contributed by atoms with E-state index in [1.54, 1.807) is 23.1 Å². The largest absolute Gasteiger partial charge is 0.255 e. The summed E-state index contributed by atoms with van der Waals surface area (Å²) < 4.78 is 1.32. The normalized spacial score (nSPS) is 10.8. The average molecular weight is 195 g/mol. The Morgan fingerprint density at radius 3 is 3.08 bits per heavy atom. The van der Waals surface area contributed by atoms with Crippen molar-refractivity contribution in [3.63, 3.8) is 0 Å². The topological polar surface area (TPSA) is 12.9 Å². The van der Waals surface area contributed by atoms with Crippen LogP contribution in [-0.2, 0) is 0 Å². The zero-order valence-corrected chi connectivity index (χ0v) is 8.63. The van der Waals surface area contributed by atoms with E-state index in [1.807, 2.05) is 6.20 Å². The van der Waals surface area contributed by atoms with Gasteiger partial charge in [-0.1, -0.05) is 0 Å². The van der Waals surface area contributed by atoms with E-state index in [9.17, 15) is 0 Å². The molecule has 0 aliphatic heterocycles. The molecule has 0 aromatic carbocycles. The van der Waals surface area contributed by atoms with Crippen molar-refractivity contribution < 1.29 is 0 Å². The minimum Gasteiger partial charge on any atom is -0.255 e. The van der Waals surface area contributed by atoms with E-state index in [0.717, 1.165) is 5.52 Å². The highest BCUT2D eigenvalue weighted by Crippen LogP contribution is 2.31. The molecule has 2 aromatic heterocycles. The fourth-order valence-electron chi connectivity index (χ4n) is 1.19. The van der Waals surface area contributed by atoms with Crippen molar-refractivity contribution in [2.45, 2.75) is 11.8 Å². The van der Waals surface area contributed by atoms with Gasteiger partial charge < -0.3 is 0 Å². The van der Waals surface area contributed by atoms with Crippen molar-refractivity contribution in [2.75, 3.05) is 6.26 Å². The van der Waals surface area contributed by atoms with Crippen LogP contribution in [0.4, 0.5) is 0 Å². The lowest BCUT2D eigenvalue weighted by Crippen LogP contribution is -1.76. The monoisotopic (exact) mass is 195 g/mol. The Labute approximate surface area is 79.8 Å². The number of thioether (sulfide) groups is 1. The van der Waals surface area contributed by atoms with Crippen LogP contribution in [-0.4, -0.2) is 11.2 Å². The van der Waals surface area contributed by atoms with Gasteiger partial charge in [0.2, 0.25) is 0 Å². The molecular weight excluding hydrogens is 186 g/mol. The van der Waals surface area contributed by atoms with E-state index in [1.165, 1.54) is 15.2 Å². The Kier molecular flexibility index (Phi) is 2.07. The van der Waals surface area contributed by atoms with Crippen molar-refractivity contribution in [3.05, 3.63) is 23.2 Å². The summed E-state index contributed by atoms with van der Waals surface area (Å²) in [7, 11) is 0. The van der Waals surface area contributed by atoms with Gasteiger partial charge in [-0.25, -0.2) is 0 Å². The second-order valence-electron chi connectivity index (χ2n) is 2.61. The van der Waals surface area contributed by atoms with Crippen LogP contribution in [0.1, 0.15) is 5.56 Å². The van der Waals surface area contributed by atoms with E-state index in [2.05, 4.69) is 29.6 Å². The smallest absolute Gasteiger partial charge is 0.0850 e. The maximum Gasteiger partial charge on any atom is 0.0850 e. The molecule has 0 aliphatic rings. The molecule has 3 heteroatoms. The van der Waals surface area contributed by atoms with Crippen molar-refractivity contribution in [1.29, 1.82) is 0 Å². The van der Waals surface area contributed by atoms with E-state index in [4.69, 9.17) is 0 Å². The van der Waals surface area contributed by atoms with Crippen LogP contribution < -0.4 is 0 Å². The molecule has 2 rings (SSSR count). The van der Waals surface area contributed by atoms with Gasteiger partial charge in [0.1, 0.15) is 0 Å². The predicted octanol–water partition coefficient (Wildman–Crippen LogP) is 3.33. The molecule has 0 radical (unpaired) electrons. The molecule has 0 atom stereocenters. The summed E-state index contributed by atoms with van der Waals surface area (Å²) in [6.45, 7) is 2.11. The molecule has 12 heavy (non-hydrogen) atoms. The molecule has 0 N–H and O–H groups in total. The molecule has 0 bridgehead atoms. The zero-order chi connectivity index (χ0) is 8.55. The molecule has 0 unspecified atom stereocenters. The first-order valence-electron chi connectivity index (χ1n) is 3.69. The third-order valence-electron chi connectivity index (χ3n) is 1.82. The van der Waals surface area contributed by atoms with Crippen molar-refractivity contribution >= 4 is 33.3 Å². The van der Waals surface area contributed by atoms with Crippen LogP contribution in [0.3, 0.4) is 0 Å². The van der Waals surface area contributed by atoms with Gasteiger partial charge in [0, 0.05) is 11.1 Å². The quantitative estimate of drug-likeness (QED) is 0.647. The third kappa shape index (κ3) is 1.13. The third-order valence-corrected chi connectivity index (χ3v) is 3.85. The van der Waals surface area contributed by atoms with Crippen LogP contribution in [0.25, 0.3) is 10.2 Å². The van der Waals surface area contributed by atoms with E-state index >= 15 is 0 Å². The summed E-state index contributed by atoms with van der Waals surface area (Å²) in [5.74, 6) is 0. The molecule has 0 fully saturated rings. The van der Waals surface area contributed by atoms with Gasteiger partial charge in [-0.2, -0.15) is 0 Å². The number of thiophene rings is 1. The van der Waals surface area contributed by atoms with Crippen LogP contribution in [0.2, 0.25) is 0 Å².